The Kier molecular flexibility index (Phi) is 3.67. The van der Waals surface area contributed by atoms with Gasteiger partial charge in [-0.1, -0.05) is 18.2 Å². The van der Waals surface area contributed by atoms with E-state index in [9.17, 15) is 4.57 Å². The number of hydrogen-bond acceptors (Lipinski definition) is 3. The van der Waals surface area contributed by atoms with Crippen molar-refractivity contribution in [3.8, 4) is 0 Å². The lowest BCUT2D eigenvalue weighted by atomic mass is 10.4. The Hall–Kier alpha value is -0.630. The average molecular weight is 200 g/mol. The van der Waals surface area contributed by atoms with Crippen LogP contribution in [0.5, 0.6) is 0 Å². The lowest BCUT2D eigenvalue weighted by Gasteiger charge is -2.14. The van der Waals surface area contributed by atoms with Crippen LogP contribution in [0.2, 0.25) is 0 Å². The van der Waals surface area contributed by atoms with E-state index in [0.29, 0.717) is 11.9 Å². The first-order valence-electron chi connectivity index (χ1n) is 4.09. The molecule has 0 radical (unpaired) electrons. The first kappa shape index (κ1) is 10.5. The van der Waals surface area contributed by atoms with E-state index in [4.69, 9.17) is 9.05 Å². The predicted molar refractivity (Wildman–Crippen MR) is 52.3 cm³/mol. The van der Waals surface area contributed by atoms with Gasteiger partial charge < -0.3 is 9.05 Å². The van der Waals surface area contributed by atoms with Gasteiger partial charge in [0.25, 0.3) is 0 Å². The van der Waals surface area contributed by atoms with Crippen LogP contribution in [0.15, 0.2) is 30.3 Å². The number of hydrogen-bond donors (Lipinski definition) is 0. The highest BCUT2D eigenvalue weighted by molar-refractivity contribution is 7.62. The number of benzene rings is 1. The van der Waals surface area contributed by atoms with Gasteiger partial charge in [0.15, 0.2) is 0 Å². The van der Waals surface area contributed by atoms with E-state index in [1.807, 2.05) is 6.07 Å². The summed E-state index contributed by atoms with van der Waals surface area (Å²) in [5.74, 6) is 0. The second-order valence-electron chi connectivity index (χ2n) is 2.43. The van der Waals surface area contributed by atoms with Gasteiger partial charge in [-0.05, 0) is 19.1 Å². The SMILES string of the molecule is CCO[P@](=O)(OC)c1ccccc1. The summed E-state index contributed by atoms with van der Waals surface area (Å²) in [6, 6.07) is 8.94. The molecule has 1 atom stereocenters. The minimum atomic E-state index is -3.05. The lowest BCUT2D eigenvalue weighted by Crippen LogP contribution is -2.08. The average Bonchev–Trinajstić information content (AvgIpc) is 2.19. The summed E-state index contributed by atoms with van der Waals surface area (Å²) in [7, 11) is -1.66. The summed E-state index contributed by atoms with van der Waals surface area (Å²) in [5.41, 5.74) is 0. The summed E-state index contributed by atoms with van der Waals surface area (Å²) in [6.45, 7) is 2.16. The van der Waals surface area contributed by atoms with Gasteiger partial charge in [0.2, 0.25) is 0 Å². The van der Waals surface area contributed by atoms with Gasteiger partial charge >= 0.3 is 7.60 Å². The van der Waals surface area contributed by atoms with Crippen molar-refractivity contribution in [2.24, 2.45) is 0 Å². The molecular formula is C9H13O3P. The highest BCUT2D eigenvalue weighted by Crippen LogP contribution is 2.45. The zero-order valence-corrected chi connectivity index (χ0v) is 8.66. The van der Waals surface area contributed by atoms with E-state index >= 15 is 0 Å². The summed E-state index contributed by atoms with van der Waals surface area (Å²) >= 11 is 0. The van der Waals surface area contributed by atoms with Crippen LogP contribution in [0.4, 0.5) is 0 Å². The molecule has 0 spiro atoms. The van der Waals surface area contributed by atoms with E-state index < -0.39 is 7.60 Å². The molecule has 0 saturated carbocycles. The Morgan fingerprint density at radius 1 is 1.31 bits per heavy atom. The van der Waals surface area contributed by atoms with Crippen LogP contribution in [-0.4, -0.2) is 13.7 Å². The summed E-state index contributed by atoms with van der Waals surface area (Å²) < 4.78 is 21.9. The van der Waals surface area contributed by atoms with Crippen LogP contribution in [0.3, 0.4) is 0 Å². The normalized spacial score (nSPS) is 15.2. The van der Waals surface area contributed by atoms with Gasteiger partial charge in [-0.15, -0.1) is 0 Å². The predicted octanol–water partition coefficient (Wildman–Crippen LogP) is 2.19. The largest absolute Gasteiger partial charge is 0.361 e. The number of rotatable bonds is 4. The van der Waals surface area contributed by atoms with Crippen LogP contribution in [0, 0.1) is 0 Å². The van der Waals surface area contributed by atoms with Crippen LogP contribution in [0.25, 0.3) is 0 Å². The molecule has 1 aromatic carbocycles. The Morgan fingerprint density at radius 2 is 1.92 bits per heavy atom. The van der Waals surface area contributed by atoms with Crippen molar-refractivity contribution in [1.29, 1.82) is 0 Å². The molecule has 0 saturated heterocycles. The summed E-state index contributed by atoms with van der Waals surface area (Å²) in [5, 5.41) is 0.597. The zero-order valence-electron chi connectivity index (χ0n) is 7.77. The van der Waals surface area contributed by atoms with E-state index in [-0.39, 0.29) is 0 Å². The van der Waals surface area contributed by atoms with Gasteiger partial charge in [0.1, 0.15) is 0 Å². The molecule has 13 heavy (non-hydrogen) atoms. The van der Waals surface area contributed by atoms with Crippen molar-refractivity contribution < 1.29 is 13.6 Å². The van der Waals surface area contributed by atoms with Gasteiger partial charge in [-0.3, -0.25) is 4.57 Å². The van der Waals surface area contributed by atoms with Crippen molar-refractivity contribution in [2.45, 2.75) is 6.92 Å². The molecule has 4 heteroatoms. The second kappa shape index (κ2) is 4.56. The first-order valence-corrected chi connectivity index (χ1v) is 5.63. The summed E-state index contributed by atoms with van der Waals surface area (Å²) in [4.78, 5) is 0. The fraction of sp³-hybridized carbons (Fsp3) is 0.333. The first-order chi connectivity index (χ1) is 6.23. The third-order valence-corrected chi connectivity index (χ3v) is 3.62. The second-order valence-corrected chi connectivity index (χ2v) is 4.57. The fourth-order valence-electron chi connectivity index (χ4n) is 1.01. The molecule has 0 aliphatic carbocycles. The van der Waals surface area contributed by atoms with E-state index in [2.05, 4.69) is 0 Å². The van der Waals surface area contributed by atoms with Crippen molar-refractivity contribution in [2.75, 3.05) is 13.7 Å². The Morgan fingerprint density at radius 3 is 2.38 bits per heavy atom. The maximum absolute atomic E-state index is 11.9. The van der Waals surface area contributed by atoms with Gasteiger partial charge in [-0.25, -0.2) is 0 Å². The van der Waals surface area contributed by atoms with Crippen molar-refractivity contribution >= 4 is 12.9 Å². The fourth-order valence-corrected chi connectivity index (χ4v) is 2.36. The van der Waals surface area contributed by atoms with Crippen LogP contribution >= 0.6 is 7.60 Å². The Labute approximate surface area is 78.2 Å². The highest BCUT2D eigenvalue weighted by Gasteiger charge is 2.24. The van der Waals surface area contributed by atoms with Crippen molar-refractivity contribution in [3.05, 3.63) is 30.3 Å². The summed E-state index contributed by atoms with van der Waals surface area (Å²) in [6.07, 6.45) is 0. The minimum Gasteiger partial charge on any atom is -0.309 e. The quantitative estimate of drug-likeness (QED) is 0.699. The minimum absolute atomic E-state index is 0.375. The molecular weight excluding hydrogens is 187 g/mol. The third-order valence-electron chi connectivity index (χ3n) is 1.61. The molecule has 3 nitrogen and oxygen atoms in total. The smallest absolute Gasteiger partial charge is 0.309 e. The van der Waals surface area contributed by atoms with Crippen LogP contribution < -0.4 is 5.30 Å². The van der Waals surface area contributed by atoms with E-state index in [1.165, 1.54) is 7.11 Å². The maximum Gasteiger partial charge on any atom is 0.361 e. The van der Waals surface area contributed by atoms with Gasteiger partial charge in [0.05, 0.1) is 11.9 Å². The lowest BCUT2D eigenvalue weighted by molar-refractivity contribution is 0.254. The zero-order chi connectivity index (χ0) is 9.73. The molecule has 0 N–H and O–H groups in total. The maximum atomic E-state index is 11.9. The monoisotopic (exact) mass is 200 g/mol. The molecule has 1 rings (SSSR count). The van der Waals surface area contributed by atoms with Crippen LogP contribution in [-0.2, 0) is 13.6 Å². The molecule has 0 unspecified atom stereocenters. The Bertz CT molecular complexity index is 297. The van der Waals surface area contributed by atoms with Gasteiger partial charge in [-0.2, -0.15) is 0 Å². The van der Waals surface area contributed by atoms with E-state index in [0.717, 1.165) is 0 Å². The molecule has 0 fully saturated rings. The molecule has 1 aromatic rings. The molecule has 0 aliphatic heterocycles. The van der Waals surface area contributed by atoms with Gasteiger partial charge in [0, 0.05) is 7.11 Å². The molecule has 0 aliphatic rings. The van der Waals surface area contributed by atoms with E-state index in [1.54, 1.807) is 31.2 Å². The highest BCUT2D eigenvalue weighted by atomic mass is 31.2. The molecule has 0 heterocycles. The van der Waals surface area contributed by atoms with Crippen molar-refractivity contribution in [1.82, 2.24) is 0 Å². The van der Waals surface area contributed by atoms with Crippen LogP contribution in [0.1, 0.15) is 6.92 Å². The molecule has 0 aromatic heterocycles. The van der Waals surface area contributed by atoms with Crippen molar-refractivity contribution in [3.63, 3.8) is 0 Å². The molecule has 0 amide bonds. The molecule has 72 valence electrons. The third kappa shape index (κ3) is 2.41. The topological polar surface area (TPSA) is 35.5 Å². The standard InChI is InChI=1S/C9H13O3P/c1-3-12-13(10,11-2)9-7-5-4-6-8-9/h4-8H,3H2,1-2H3/t13-/m1/s1. The molecule has 0 bridgehead atoms. The Balaban J connectivity index is 2.96.